The van der Waals surface area contributed by atoms with Crippen molar-refractivity contribution in [2.45, 2.75) is 23.8 Å². The van der Waals surface area contributed by atoms with Crippen LogP contribution in [0.4, 0.5) is 4.39 Å². The van der Waals surface area contributed by atoms with Crippen LogP contribution >= 0.6 is 12.6 Å². The molecule has 4 heteroatoms. The van der Waals surface area contributed by atoms with Crippen LogP contribution in [0, 0.1) is 5.82 Å². The first kappa shape index (κ1) is 12.2. The van der Waals surface area contributed by atoms with Gasteiger partial charge in [-0.1, -0.05) is 6.08 Å². The Balaban J connectivity index is 2.27. The van der Waals surface area contributed by atoms with Gasteiger partial charge in [0.1, 0.15) is 5.82 Å². The standard InChI is InChI=1S/C13H14FNOS/c1-2-7-15(9-3-4-9)13(16)11-8-10(17)5-6-12(11)14/h2,5-6,8-9,17H,1,3-4,7H2. The number of benzene rings is 1. The molecule has 90 valence electrons. The van der Waals surface area contributed by atoms with Gasteiger partial charge in [0.15, 0.2) is 0 Å². The van der Waals surface area contributed by atoms with E-state index in [0.717, 1.165) is 12.8 Å². The van der Waals surface area contributed by atoms with Crippen LogP contribution in [-0.4, -0.2) is 23.4 Å². The zero-order chi connectivity index (χ0) is 12.4. The van der Waals surface area contributed by atoms with E-state index in [2.05, 4.69) is 19.2 Å². The molecule has 17 heavy (non-hydrogen) atoms. The molecule has 0 saturated heterocycles. The Labute approximate surface area is 106 Å². The summed E-state index contributed by atoms with van der Waals surface area (Å²) in [5, 5.41) is 0. The van der Waals surface area contributed by atoms with E-state index in [1.54, 1.807) is 11.0 Å². The Morgan fingerprint density at radius 2 is 2.29 bits per heavy atom. The summed E-state index contributed by atoms with van der Waals surface area (Å²) in [7, 11) is 0. The van der Waals surface area contributed by atoms with Gasteiger partial charge in [-0.25, -0.2) is 4.39 Å². The van der Waals surface area contributed by atoms with Gasteiger partial charge in [0.2, 0.25) is 0 Å². The highest BCUT2D eigenvalue weighted by atomic mass is 32.1. The van der Waals surface area contributed by atoms with Gasteiger partial charge in [0, 0.05) is 17.5 Å². The summed E-state index contributed by atoms with van der Waals surface area (Å²) in [6, 6.07) is 4.52. The number of amides is 1. The van der Waals surface area contributed by atoms with E-state index in [4.69, 9.17) is 0 Å². The van der Waals surface area contributed by atoms with E-state index in [9.17, 15) is 9.18 Å². The van der Waals surface area contributed by atoms with Crippen molar-refractivity contribution in [3.05, 3.63) is 42.2 Å². The second-order valence-corrected chi connectivity index (χ2v) is 4.66. The Bertz CT molecular complexity index is 457. The van der Waals surface area contributed by atoms with Gasteiger partial charge in [-0.3, -0.25) is 4.79 Å². The molecule has 0 N–H and O–H groups in total. The zero-order valence-electron chi connectivity index (χ0n) is 9.40. The van der Waals surface area contributed by atoms with Gasteiger partial charge in [0.25, 0.3) is 5.91 Å². The molecule has 0 unspecified atom stereocenters. The predicted octanol–water partition coefficient (Wildman–Crippen LogP) is 2.91. The molecule has 0 radical (unpaired) electrons. The second-order valence-electron chi connectivity index (χ2n) is 4.14. The van der Waals surface area contributed by atoms with Crippen LogP contribution in [0.1, 0.15) is 23.2 Å². The summed E-state index contributed by atoms with van der Waals surface area (Å²) in [6.45, 7) is 4.08. The van der Waals surface area contributed by atoms with Crippen LogP contribution in [0.5, 0.6) is 0 Å². The molecule has 2 nitrogen and oxygen atoms in total. The van der Waals surface area contributed by atoms with Gasteiger partial charge >= 0.3 is 0 Å². The molecule has 2 rings (SSSR count). The largest absolute Gasteiger partial charge is 0.332 e. The topological polar surface area (TPSA) is 20.3 Å². The highest BCUT2D eigenvalue weighted by Gasteiger charge is 2.33. The lowest BCUT2D eigenvalue weighted by molar-refractivity contribution is 0.0757. The number of carbonyl (C=O) groups is 1. The molecule has 1 saturated carbocycles. The Morgan fingerprint density at radius 1 is 1.59 bits per heavy atom. The Morgan fingerprint density at radius 3 is 2.88 bits per heavy atom. The quantitative estimate of drug-likeness (QED) is 0.644. The van der Waals surface area contributed by atoms with E-state index in [1.807, 2.05) is 0 Å². The molecule has 0 spiro atoms. The summed E-state index contributed by atoms with van der Waals surface area (Å²) in [5.74, 6) is -0.775. The fourth-order valence-corrected chi connectivity index (χ4v) is 1.96. The molecule has 0 heterocycles. The molecule has 0 atom stereocenters. The van der Waals surface area contributed by atoms with Crippen LogP contribution in [0.3, 0.4) is 0 Å². The molecule has 0 bridgehead atoms. The molecule has 1 fully saturated rings. The Kier molecular flexibility index (Phi) is 3.52. The van der Waals surface area contributed by atoms with Gasteiger partial charge < -0.3 is 4.90 Å². The number of nitrogens with zero attached hydrogens (tertiary/aromatic N) is 1. The number of rotatable bonds is 4. The van der Waals surface area contributed by atoms with Crippen molar-refractivity contribution in [2.75, 3.05) is 6.54 Å². The number of thiol groups is 1. The molecule has 1 amide bonds. The second kappa shape index (κ2) is 4.92. The lowest BCUT2D eigenvalue weighted by Gasteiger charge is -2.21. The third-order valence-corrected chi connectivity index (χ3v) is 3.03. The summed E-state index contributed by atoms with van der Waals surface area (Å²) >= 11 is 4.13. The number of hydrogen-bond acceptors (Lipinski definition) is 2. The number of halogens is 1. The minimum atomic E-state index is -0.498. The van der Waals surface area contributed by atoms with Crippen molar-refractivity contribution < 1.29 is 9.18 Å². The summed E-state index contributed by atoms with van der Waals surface area (Å²) < 4.78 is 13.6. The minimum Gasteiger partial charge on any atom is -0.332 e. The maximum absolute atomic E-state index is 13.6. The van der Waals surface area contributed by atoms with Crippen LogP contribution in [-0.2, 0) is 0 Å². The zero-order valence-corrected chi connectivity index (χ0v) is 10.3. The van der Waals surface area contributed by atoms with E-state index >= 15 is 0 Å². The molecule has 0 aliphatic heterocycles. The lowest BCUT2D eigenvalue weighted by Crippen LogP contribution is -2.33. The monoisotopic (exact) mass is 251 g/mol. The molecular formula is C13H14FNOS. The average Bonchev–Trinajstić information content (AvgIpc) is 3.12. The van der Waals surface area contributed by atoms with Crippen molar-refractivity contribution in [2.24, 2.45) is 0 Å². The van der Waals surface area contributed by atoms with Crippen molar-refractivity contribution in [3.8, 4) is 0 Å². The third-order valence-electron chi connectivity index (χ3n) is 2.75. The van der Waals surface area contributed by atoms with Crippen molar-refractivity contribution in [1.82, 2.24) is 4.90 Å². The first-order chi connectivity index (χ1) is 8.13. The van der Waals surface area contributed by atoms with E-state index in [0.29, 0.717) is 11.4 Å². The SMILES string of the molecule is C=CCN(C(=O)c1cc(S)ccc1F)C1CC1. The normalized spacial score (nSPS) is 14.5. The van der Waals surface area contributed by atoms with Crippen LogP contribution in [0.25, 0.3) is 0 Å². The smallest absolute Gasteiger partial charge is 0.257 e. The fraction of sp³-hybridized carbons (Fsp3) is 0.308. The van der Waals surface area contributed by atoms with Gasteiger partial charge in [-0.2, -0.15) is 0 Å². The van der Waals surface area contributed by atoms with Gasteiger partial charge in [-0.05, 0) is 31.0 Å². The van der Waals surface area contributed by atoms with Crippen molar-refractivity contribution >= 4 is 18.5 Å². The van der Waals surface area contributed by atoms with Crippen LogP contribution in [0.15, 0.2) is 35.7 Å². The summed E-state index contributed by atoms with van der Waals surface area (Å²) in [5.41, 5.74) is 0.0891. The lowest BCUT2D eigenvalue weighted by atomic mass is 10.2. The van der Waals surface area contributed by atoms with E-state index in [1.165, 1.54) is 18.2 Å². The average molecular weight is 251 g/mol. The maximum Gasteiger partial charge on any atom is 0.257 e. The molecule has 1 aliphatic carbocycles. The van der Waals surface area contributed by atoms with Gasteiger partial charge in [-0.15, -0.1) is 19.2 Å². The molecule has 1 aromatic carbocycles. The van der Waals surface area contributed by atoms with Crippen LogP contribution in [0.2, 0.25) is 0 Å². The first-order valence-electron chi connectivity index (χ1n) is 5.54. The highest BCUT2D eigenvalue weighted by Crippen LogP contribution is 2.29. The van der Waals surface area contributed by atoms with Crippen LogP contribution < -0.4 is 0 Å². The van der Waals surface area contributed by atoms with E-state index in [-0.39, 0.29) is 17.5 Å². The fourth-order valence-electron chi connectivity index (χ4n) is 1.75. The van der Waals surface area contributed by atoms with E-state index < -0.39 is 5.82 Å². The number of carbonyl (C=O) groups excluding carboxylic acids is 1. The molecular weight excluding hydrogens is 237 g/mol. The third kappa shape index (κ3) is 2.69. The first-order valence-corrected chi connectivity index (χ1v) is 5.98. The number of hydrogen-bond donors (Lipinski definition) is 1. The van der Waals surface area contributed by atoms with Crippen molar-refractivity contribution in [3.63, 3.8) is 0 Å². The minimum absolute atomic E-state index is 0.0891. The maximum atomic E-state index is 13.6. The summed E-state index contributed by atoms with van der Waals surface area (Å²) in [6.07, 6.45) is 3.64. The van der Waals surface area contributed by atoms with Crippen molar-refractivity contribution in [1.29, 1.82) is 0 Å². The summed E-state index contributed by atoms with van der Waals surface area (Å²) in [4.78, 5) is 14.4. The Hall–Kier alpha value is -1.29. The molecule has 1 aromatic rings. The van der Waals surface area contributed by atoms with Gasteiger partial charge in [0.05, 0.1) is 5.56 Å². The highest BCUT2D eigenvalue weighted by molar-refractivity contribution is 7.80. The molecule has 0 aromatic heterocycles. The predicted molar refractivity (Wildman–Crippen MR) is 67.9 cm³/mol. The molecule has 1 aliphatic rings.